The van der Waals surface area contributed by atoms with Crippen molar-refractivity contribution in [3.05, 3.63) is 42.0 Å². The number of piperazine rings is 1. The average Bonchev–Trinajstić information content (AvgIpc) is 3.45. The number of amides is 1. The van der Waals surface area contributed by atoms with Crippen molar-refractivity contribution >= 4 is 33.3 Å². The topological polar surface area (TPSA) is 53.8 Å². The second-order valence-corrected chi connectivity index (χ2v) is 8.75. The molecule has 2 fully saturated rings. The van der Waals surface area contributed by atoms with Gasteiger partial charge in [0.05, 0.1) is 31.6 Å². The summed E-state index contributed by atoms with van der Waals surface area (Å²) in [5.41, 5.74) is 2.41. The zero-order valence-electron chi connectivity index (χ0n) is 16.5. The highest BCUT2D eigenvalue weighted by molar-refractivity contribution is 7.17. The lowest BCUT2D eigenvalue weighted by molar-refractivity contribution is -0.892. The van der Waals surface area contributed by atoms with E-state index in [1.165, 1.54) is 16.0 Å². The lowest BCUT2D eigenvalue weighted by atomic mass is 10.1. The number of carbonyl (C=O) groups excluding carboxylic acids is 1. The van der Waals surface area contributed by atoms with E-state index >= 15 is 0 Å². The first kappa shape index (κ1) is 18.5. The Bertz CT molecular complexity index is 991. The molecule has 5 rings (SSSR count). The van der Waals surface area contributed by atoms with E-state index < -0.39 is 0 Å². The van der Waals surface area contributed by atoms with Crippen molar-refractivity contribution < 1.29 is 9.69 Å². The molecule has 29 heavy (non-hydrogen) atoms. The minimum Gasteiger partial charge on any atom is -0.345 e. The van der Waals surface area contributed by atoms with Crippen LogP contribution in [0.25, 0.3) is 21.3 Å². The number of hydrogen-bond donors (Lipinski definition) is 1. The van der Waals surface area contributed by atoms with Crippen LogP contribution in [0.15, 0.2) is 42.0 Å². The Labute approximate surface area is 174 Å². The Morgan fingerprint density at radius 1 is 1.03 bits per heavy atom. The van der Waals surface area contributed by atoms with Gasteiger partial charge in [0.15, 0.2) is 6.54 Å². The molecule has 1 amide bonds. The number of benzene rings is 1. The number of anilines is 1. The predicted octanol–water partition coefficient (Wildman–Crippen LogP) is 1.69. The van der Waals surface area contributed by atoms with Gasteiger partial charge in [0.1, 0.15) is 17.0 Å². The SMILES string of the molecule is O=C(C[NH+]1CCN(c2ncnc3scc(-c4ccccc4)c23)CC1)N1CCCC1. The van der Waals surface area contributed by atoms with Gasteiger partial charge in [0.25, 0.3) is 5.91 Å². The van der Waals surface area contributed by atoms with Crippen LogP contribution < -0.4 is 9.80 Å². The Hall–Kier alpha value is -2.51. The zero-order chi connectivity index (χ0) is 19.6. The monoisotopic (exact) mass is 408 g/mol. The Kier molecular flexibility index (Phi) is 5.16. The van der Waals surface area contributed by atoms with Gasteiger partial charge in [-0.1, -0.05) is 30.3 Å². The molecule has 0 spiro atoms. The molecule has 4 heterocycles. The number of quaternary nitrogens is 1. The first-order valence-corrected chi connectivity index (χ1v) is 11.3. The van der Waals surface area contributed by atoms with Crippen LogP contribution >= 0.6 is 11.3 Å². The van der Waals surface area contributed by atoms with Gasteiger partial charge in [-0.3, -0.25) is 4.79 Å². The van der Waals surface area contributed by atoms with E-state index in [-0.39, 0.29) is 0 Å². The van der Waals surface area contributed by atoms with Gasteiger partial charge in [-0.15, -0.1) is 11.3 Å². The van der Waals surface area contributed by atoms with Crippen LogP contribution in [-0.4, -0.2) is 66.6 Å². The van der Waals surface area contributed by atoms with Crippen LogP contribution in [0.5, 0.6) is 0 Å². The molecule has 2 saturated heterocycles. The molecule has 0 unspecified atom stereocenters. The Morgan fingerprint density at radius 3 is 2.55 bits per heavy atom. The number of fused-ring (bicyclic) bond motifs is 1. The van der Waals surface area contributed by atoms with Gasteiger partial charge in [-0.05, 0) is 18.4 Å². The van der Waals surface area contributed by atoms with E-state index in [2.05, 4.69) is 44.5 Å². The molecular formula is C22H26N5OS+. The third-order valence-electron chi connectivity index (χ3n) is 6.07. The van der Waals surface area contributed by atoms with Crippen LogP contribution in [0.1, 0.15) is 12.8 Å². The van der Waals surface area contributed by atoms with Gasteiger partial charge in [0, 0.05) is 24.0 Å². The molecule has 150 valence electrons. The number of carbonyl (C=O) groups is 1. The maximum atomic E-state index is 12.5. The summed E-state index contributed by atoms with van der Waals surface area (Å²) in [5, 5.41) is 3.34. The summed E-state index contributed by atoms with van der Waals surface area (Å²) >= 11 is 1.68. The maximum Gasteiger partial charge on any atom is 0.277 e. The number of rotatable bonds is 4. The molecule has 0 saturated carbocycles. The molecule has 2 aliphatic heterocycles. The third kappa shape index (κ3) is 3.72. The number of likely N-dealkylation sites (tertiary alicyclic amines) is 1. The van der Waals surface area contributed by atoms with E-state index in [4.69, 9.17) is 0 Å². The smallest absolute Gasteiger partial charge is 0.277 e. The lowest BCUT2D eigenvalue weighted by Crippen LogP contribution is -3.15. The molecule has 7 heteroatoms. The van der Waals surface area contributed by atoms with Crippen LogP contribution in [0.2, 0.25) is 0 Å². The average molecular weight is 409 g/mol. The third-order valence-corrected chi connectivity index (χ3v) is 6.95. The normalized spacial score (nSPS) is 17.9. The molecule has 0 radical (unpaired) electrons. The van der Waals surface area contributed by atoms with Crippen LogP contribution in [0.3, 0.4) is 0 Å². The molecule has 0 aliphatic carbocycles. The molecule has 2 aliphatic rings. The molecule has 6 nitrogen and oxygen atoms in total. The van der Waals surface area contributed by atoms with Crippen molar-refractivity contribution in [2.45, 2.75) is 12.8 Å². The number of thiophene rings is 1. The molecule has 2 aromatic heterocycles. The highest BCUT2D eigenvalue weighted by atomic mass is 32.1. The first-order chi connectivity index (χ1) is 14.3. The van der Waals surface area contributed by atoms with Crippen molar-refractivity contribution in [1.29, 1.82) is 0 Å². The summed E-state index contributed by atoms with van der Waals surface area (Å²) in [6.45, 7) is 6.28. The maximum absolute atomic E-state index is 12.5. The Balaban J connectivity index is 1.33. The number of aromatic nitrogens is 2. The quantitative estimate of drug-likeness (QED) is 0.714. The van der Waals surface area contributed by atoms with Gasteiger partial charge in [0.2, 0.25) is 0 Å². The minimum absolute atomic E-state index is 0.319. The fourth-order valence-corrected chi connectivity index (χ4v) is 5.34. The first-order valence-electron chi connectivity index (χ1n) is 10.4. The van der Waals surface area contributed by atoms with Crippen molar-refractivity contribution in [2.75, 3.05) is 50.7 Å². The number of nitrogens with zero attached hydrogens (tertiary/aromatic N) is 4. The lowest BCUT2D eigenvalue weighted by Gasteiger charge is -2.33. The van der Waals surface area contributed by atoms with E-state index in [0.717, 1.165) is 68.1 Å². The fraction of sp³-hybridized carbons (Fsp3) is 0.409. The largest absolute Gasteiger partial charge is 0.345 e. The zero-order valence-corrected chi connectivity index (χ0v) is 17.3. The van der Waals surface area contributed by atoms with Crippen LogP contribution in [0, 0.1) is 0 Å². The Morgan fingerprint density at radius 2 is 1.79 bits per heavy atom. The van der Waals surface area contributed by atoms with Crippen LogP contribution in [-0.2, 0) is 4.79 Å². The molecular weight excluding hydrogens is 382 g/mol. The highest BCUT2D eigenvalue weighted by Gasteiger charge is 2.28. The number of hydrogen-bond acceptors (Lipinski definition) is 5. The number of nitrogens with one attached hydrogen (secondary N) is 1. The summed E-state index contributed by atoms with van der Waals surface area (Å²) in [6, 6.07) is 10.5. The standard InChI is InChI=1S/C22H25N5OS/c28-19(26-8-4-5-9-26)14-25-10-12-27(13-11-25)21-20-18(17-6-2-1-3-7-17)15-29-22(20)24-16-23-21/h1-3,6-7,15-16H,4-5,8-14H2/p+1. The summed E-state index contributed by atoms with van der Waals surface area (Å²) in [5.74, 6) is 1.35. The highest BCUT2D eigenvalue weighted by Crippen LogP contribution is 2.37. The molecule has 3 aromatic rings. The molecule has 1 aromatic carbocycles. The van der Waals surface area contributed by atoms with Gasteiger partial charge in [-0.25, -0.2) is 9.97 Å². The van der Waals surface area contributed by atoms with Gasteiger partial charge < -0.3 is 14.7 Å². The van der Waals surface area contributed by atoms with Crippen molar-refractivity contribution in [1.82, 2.24) is 14.9 Å². The van der Waals surface area contributed by atoms with Crippen molar-refractivity contribution in [3.63, 3.8) is 0 Å². The summed E-state index contributed by atoms with van der Waals surface area (Å²) in [6.07, 6.45) is 3.99. The fourth-order valence-electron chi connectivity index (χ4n) is 4.43. The van der Waals surface area contributed by atoms with Crippen LogP contribution in [0.4, 0.5) is 5.82 Å². The predicted molar refractivity (Wildman–Crippen MR) is 116 cm³/mol. The van der Waals surface area contributed by atoms with Crippen molar-refractivity contribution in [3.8, 4) is 11.1 Å². The van der Waals surface area contributed by atoms with E-state index in [0.29, 0.717) is 12.5 Å². The van der Waals surface area contributed by atoms with Gasteiger partial charge in [-0.2, -0.15) is 0 Å². The van der Waals surface area contributed by atoms with E-state index in [1.807, 2.05) is 11.0 Å². The van der Waals surface area contributed by atoms with Crippen molar-refractivity contribution in [2.24, 2.45) is 0 Å². The minimum atomic E-state index is 0.319. The molecule has 0 bridgehead atoms. The summed E-state index contributed by atoms with van der Waals surface area (Å²) in [4.78, 5) is 28.5. The molecule has 1 N–H and O–H groups in total. The van der Waals surface area contributed by atoms with E-state index in [1.54, 1.807) is 17.7 Å². The van der Waals surface area contributed by atoms with E-state index in [9.17, 15) is 4.79 Å². The summed E-state index contributed by atoms with van der Waals surface area (Å²) in [7, 11) is 0. The second kappa shape index (κ2) is 8.08. The van der Waals surface area contributed by atoms with Gasteiger partial charge >= 0.3 is 0 Å². The summed E-state index contributed by atoms with van der Waals surface area (Å²) < 4.78 is 0. The molecule has 0 atom stereocenters. The second-order valence-electron chi connectivity index (χ2n) is 7.89.